The maximum Gasteiger partial charge on any atom is 0.166 e. The molecule has 1 unspecified atom stereocenters. The largest absolute Gasteiger partial charge is 0.383 e. The van der Waals surface area contributed by atoms with Crippen LogP contribution in [0.1, 0.15) is 18.1 Å². The molecule has 0 amide bonds. The number of hydrogen-bond acceptors (Lipinski definition) is 2. The van der Waals surface area contributed by atoms with E-state index in [0.717, 1.165) is 6.54 Å². The van der Waals surface area contributed by atoms with Gasteiger partial charge < -0.3 is 15.4 Å². The summed E-state index contributed by atoms with van der Waals surface area (Å²) in [5.74, 6) is 0. The van der Waals surface area contributed by atoms with E-state index < -0.39 is 0 Å². The van der Waals surface area contributed by atoms with Crippen LogP contribution in [0.15, 0.2) is 24.3 Å². The van der Waals surface area contributed by atoms with Crippen LogP contribution in [-0.4, -0.2) is 24.9 Å². The lowest BCUT2D eigenvalue weighted by Gasteiger charge is -2.16. The van der Waals surface area contributed by atoms with Gasteiger partial charge in [-0.3, -0.25) is 0 Å². The van der Waals surface area contributed by atoms with Crippen molar-refractivity contribution in [3.63, 3.8) is 0 Å². The van der Waals surface area contributed by atoms with E-state index in [4.69, 9.17) is 17.0 Å². The molecular formula is C13H20N2OS. The molecule has 94 valence electrons. The molecule has 0 aliphatic rings. The first-order valence-electron chi connectivity index (χ1n) is 5.70. The van der Waals surface area contributed by atoms with E-state index in [0.29, 0.717) is 11.7 Å². The molecule has 0 radical (unpaired) electrons. The highest BCUT2D eigenvalue weighted by Crippen LogP contribution is 2.02. The number of methoxy groups -OCH3 is 1. The molecule has 0 bridgehead atoms. The number of aryl methyl sites for hydroxylation is 1. The SMILES string of the molecule is COCC(C)NC(=S)NCc1ccc(C)cc1. The summed E-state index contributed by atoms with van der Waals surface area (Å²) in [6.07, 6.45) is 0. The number of ether oxygens (including phenoxy) is 1. The van der Waals surface area contributed by atoms with E-state index in [1.807, 2.05) is 6.92 Å². The molecule has 0 aliphatic carbocycles. The third kappa shape index (κ3) is 5.65. The molecule has 0 aromatic heterocycles. The second-order valence-electron chi connectivity index (χ2n) is 4.17. The van der Waals surface area contributed by atoms with Crippen molar-refractivity contribution in [2.24, 2.45) is 0 Å². The van der Waals surface area contributed by atoms with Gasteiger partial charge in [-0.2, -0.15) is 0 Å². The van der Waals surface area contributed by atoms with Crippen molar-refractivity contribution in [1.82, 2.24) is 10.6 Å². The first-order valence-corrected chi connectivity index (χ1v) is 6.11. The highest BCUT2D eigenvalue weighted by Gasteiger charge is 2.02. The summed E-state index contributed by atoms with van der Waals surface area (Å²) in [7, 11) is 1.68. The number of hydrogen-bond donors (Lipinski definition) is 2. The van der Waals surface area contributed by atoms with E-state index in [1.54, 1.807) is 7.11 Å². The molecule has 1 atom stereocenters. The molecule has 1 aromatic carbocycles. The Labute approximate surface area is 109 Å². The number of benzene rings is 1. The molecule has 17 heavy (non-hydrogen) atoms. The van der Waals surface area contributed by atoms with Gasteiger partial charge in [-0.05, 0) is 31.6 Å². The average Bonchev–Trinajstić information content (AvgIpc) is 2.28. The van der Waals surface area contributed by atoms with Crippen LogP contribution in [0.3, 0.4) is 0 Å². The van der Waals surface area contributed by atoms with Gasteiger partial charge in [0.25, 0.3) is 0 Å². The van der Waals surface area contributed by atoms with Gasteiger partial charge in [-0.1, -0.05) is 29.8 Å². The van der Waals surface area contributed by atoms with Crippen LogP contribution in [0.25, 0.3) is 0 Å². The Morgan fingerprint density at radius 1 is 1.35 bits per heavy atom. The second-order valence-corrected chi connectivity index (χ2v) is 4.58. The Balaban J connectivity index is 2.30. The van der Waals surface area contributed by atoms with Gasteiger partial charge in [0, 0.05) is 19.7 Å². The van der Waals surface area contributed by atoms with Crippen LogP contribution in [0.2, 0.25) is 0 Å². The minimum Gasteiger partial charge on any atom is -0.383 e. The average molecular weight is 252 g/mol. The third-order valence-corrected chi connectivity index (χ3v) is 2.63. The molecule has 0 heterocycles. The summed E-state index contributed by atoms with van der Waals surface area (Å²) < 4.78 is 5.03. The maximum absolute atomic E-state index is 5.19. The molecule has 0 fully saturated rings. The first kappa shape index (κ1) is 13.9. The summed E-state index contributed by atoms with van der Waals surface area (Å²) in [4.78, 5) is 0. The van der Waals surface area contributed by atoms with Crippen LogP contribution in [0.5, 0.6) is 0 Å². The monoisotopic (exact) mass is 252 g/mol. The van der Waals surface area contributed by atoms with Crippen LogP contribution in [0, 0.1) is 6.92 Å². The third-order valence-electron chi connectivity index (χ3n) is 2.37. The zero-order valence-corrected chi connectivity index (χ0v) is 11.4. The summed E-state index contributed by atoms with van der Waals surface area (Å²) >= 11 is 5.19. The fraction of sp³-hybridized carbons (Fsp3) is 0.462. The number of rotatable bonds is 5. The van der Waals surface area contributed by atoms with Gasteiger partial charge in [0.05, 0.1) is 6.61 Å². The molecule has 0 saturated heterocycles. The smallest absolute Gasteiger partial charge is 0.166 e. The van der Waals surface area contributed by atoms with Crippen molar-refractivity contribution >= 4 is 17.3 Å². The maximum atomic E-state index is 5.19. The molecule has 1 aromatic rings. The Kier molecular flexibility index (Phi) is 5.94. The van der Waals surface area contributed by atoms with Gasteiger partial charge in [-0.15, -0.1) is 0 Å². The Hall–Kier alpha value is -1.13. The fourth-order valence-corrected chi connectivity index (χ4v) is 1.73. The summed E-state index contributed by atoms with van der Waals surface area (Å²) in [5.41, 5.74) is 2.49. The van der Waals surface area contributed by atoms with Crippen molar-refractivity contribution in [2.75, 3.05) is 13.7 Å². The van der Waals surface area contributed by atoms with E-state index in [1.165, 1.54) is 11.1 Å². The van der Waals surface area contributed by atoms with Crippen molar-refractivity contribution in [2.45, 2.75) is 26.4 Å². The van der Waals surface area contributed by atoms with Gasteiger partial charge in [-0.25, -0.2) is 0 Å². The standard InChI is InChI=1S/C13H20N2OS/c1-10-4-6-12(7-5-10)8-14-13(17)15-11(2)9-16-3/h4-7,11H,8-9H2,1-3H3,(H2,14,15,17). The minimum absolute atomic E-state index is 0.220. The van der Waals surface area contributed by atoms with Crippen LogP contribution >= 0.6 is 12.2 Å². The zero-order valence-electron chi connectivity index (χ0n) is 10.6. The zero-order chi connectivity index (χ0) is 12.7. The topological polar surface area (TPSA) is 33.3 Å². The van der Waals surface area contributed by atoms with E-state index in [-0.39, 0.29) is 6.04 Å². The van der Waals surface area contributed by atoms with E-state index >= 15 is 0 Å². The lowest BCUT2D eigenvalue weighted by atomic mass is 10.1. The highest BCUT2D eigenvalue weighted by atomic mass is 32.1. The quantitative estimate of drug-likeness (QED) is 0.785. The van der Waals surface area contributed by atoms with Crippen molar-refractivity contribution < 1.29 is 4.74 Å². The second kappa shape index (κ2) is 7.25. The minimum atomic E-state index is 0.220. The molecule has 0 aliphatic heterocycles. The fourth-order valence-electron chi connectivity index (χ4n) is 1.45. The molecule has 0 spiro atoms. The molecule has 4 heteroatoms. The lowest BCUT2D eigenvalue weighted by Crippen LogP contribution is -2.42. The Morgan fingerprint density at radius 2 is 2.00 bits per heavy atom. The highest BCUT2D eigenvalue weighted by molar-refractivity contribution is 7.80. The number of thiocarbonyl (C=S) groups is 1. The van der Waals surface area contributed by atoms with Gasteiger partial charge in [0.15, 0.2) is 5.11 Å². The van der Waals surface area contributed by atoms with Gasteiger partial charge in [0.1, 0.15) is 0 Å². The number of nitrogens with one attached hydrogen (secondary N) is 2. The van der Waals surface area contributed by atoms with Crippen molar-refractivity contribution in [3.05, 3.63) is 35.4 Å². The lowest BCUT2D eigenvalue weighted by molar-refractivity contribution is 0.179. The Morgan fingerprint density at radius 3 is 2.59 bits per heavy atom. The van der Waals surface area contributed by atoms with E-state index in [9.17, 15) is 0 Å². The Bertz CT molecular complexity index is 351. The van der Waals surface area contributed by atoms with Crippen molar-refractivity contribution in [1.29, 1.82) is 0 Å². The normalized spacial score (nSPS) is 11.9. The summed E-state index contributed by atoms with van der Waals surface area (Å²) in [6.45, 7) is 5.50. The molecular weight excluding hydrogens is 232 g/mol. The molecule has 3 nitrogen and oxygen atoms in total. The van der Waals surface area contributed by atoms with Gasteiger partial charge in [0.2, 0.25) is 0 Å². The van der Waals surface area contributed by atoms with Gasteiger partial charge >= 0.3 is 0 Å². The predicted molar refractivity (Wildman–Crippen MR) is 75.1 cm³/mol. The molecule has 2 N–H and O–H groups in total. The van der Waals surface area contributed by atoms with Crippen LogP contribution in [-0.2, 0) is 11.3 Å². The molecule has 0 saturated carbocycles. The summed E-state index contributed by atoms with van der Waals surface area (Å²) in [5, 5.41) is 6.99. The summed E-state index contributed by atoms with van der Waals surface area (Å²) in [6, 6.07) is 8.62. The first-order chi connectivity index (χ1) is 8.11. The van der Waals surface area contributed by atoms with Crippen molar-refractivity contribution in [3.8, 4) is 0 Å². The van der Waals surface area contributed by atoms with Crippen LogP contribution < -0.4 is 10.6 Å². The van der Waals surface area contributed by atoms with Crippen LogP contribution in [0.4, 0.5) is 0 Å². The van der Waals surface area contributed by atoms with E-state index in [2.05, 4.69) is 41.8 Å². The predicted octanol–water partition coefficient (Wildman–Crippen LogP) is 1.99. The molecule has 1 rings (SSSR count).